The highest BCUT2D eigenvalue weighted by Crippen LogP contribution is 2.30. The third kappa shape index (κ3) is 3.40. The monoisotopic (exact) mass is 335 g/mol. The molecule has 0 spiro atoms. The molecule has 1 fully saturated rings. The summed E-state index contributed by atoms with van der Waals surface area (Å²) in [6, 6.07) is 11.8. The fraction of sp³-hybridized carbons (Fsp3) is 0.350. The van der Waals surface area contributed by atoms with Gasteiger partial charge in [-0.25, -0.2) is 4.98 Å². The predicted octanol–water partition coefficient (Wildman–Crippen LogP) is 3.48. The first-order chi connectivity index (χ1) is 12.2. The van der Waals surface area contributed by atoms with Gasteiger partial charge in [-0.15, -0.1) is 0 Å². The molecule has 1 saturated heterocycles. The zero-order valence-corrected chi connectivity index (χ0v) is 14.3. The fourth-order valence-corrected chi connectivity index (χ4v) is 3.33. The summed E-state index contributed by atoms with van der Waals surface area (Å²) in [5.41, 5.74) is 3.68. The van der Waals surface area contributed by atoms with Crippen LogP contribution in [-0.4, -0.2) is 33.9 Å². The van der Waals surface area contributed by atoms with Gasteiger partial charge in [0.15, 0.2) is 11.5 Å². The number of fused-ring (bicyclic) bond motifs is 1. The summed E-state index contributed by atoms with van der Waals surface area (Å²) < 4.78 is 5.89. The number of hydrogen-bond donors (Lipinski definition) is 0. The first kappa shape index (κ1) is 15.8. The molecular weight excluding hydrogens is 314 g/mol. The van der Waals surface area contributed by atoms with Crippen LogP contribution in [0.5, 0.6) is 0 Å². The van der Waals surface area contributed by atoms with E-state index in [1.165, 1.54) is 0 Å². The number of hydrogen-bond acceptors (Lipinski definition) is 4. The average molecular weight is 335 g/mol. The van der Waals surface area contributed by atoms with Crippen molar-refractivity contribution >= 4 is 17.0 Å². The van der Waals surface area contributed by atoms with E-state index in [0.717, 1.165) is 54.2 Å². The standard InChI is InChI=1S/C20H21N3O2/c1-14-6-7-15(13-21-14)12-19(24)23-10-8-16(9-11-23)20-22-17-4-2-3-5-18(17)25-20/h2-7,13,16H,8-12H2,1H3. The van der Waals surface area contributed by atoms with Crippen molar-refractivity contribution in [3.05, 3.63) is 59.7 Å². The molecule has 0 radical (unpaired) electrons. The number of likely N-dealkylation sites (tertiary alicyclic amines) is 1. The number of pyridine rings is 1. The summed E-state index contributed by atoms with van der Waals surface area (Å²) in [7, 11) is 0. The van der Waals surface area contributed by atoms with E-state index < -0.39 is 0 Å². The minimum atomic E-state index is 0.168. The van der Waals surface area contributed by atoms with E-state index in [-0.39, 0.29) is 11.8 Å². The van der Waals surface area contributed by atoms with Crippen LogP contribution >= 0.6 is 0 Å². The van der Waals surface area contributed by atoms with Crippen molar-refractivity contribution in [2.75, 3.05) is 13.1 Å². The van der Waals surface area contributed by atoms with Crippen LogP contribution in [0.15, 0.2) is 47.0 Å². The van der Waals surface area contributed by atoms with Crippen LogP contribution < -0.4 is 0 Å². The Morgan fingerprint density at radius 3 is 2.72 bits per heavy atom. The third-order valence-corrected chi connectivity index (χ3v) is 4.84. The number of piperidine rings is 1. The van der Waals surface area contributed by atoms with Crippen LogP contribution in [-0.2, 0) is 11.2 Å². The Morgan fingerprint density at radius 1 is 1.20 bits per heavy atom. The van der Waals surface area contributed by atoms with Crippen molar-refractivity contribution in [1.82, 2.24) is 14.9 Å². The van der Waals surface area contributed by atoms with Gasteiger partial charge in [-0.05, 0) is 43.5 Å². The summed E-state index contributed by atoms with van der Waals surface area (Å²) in [5.74, 6) is 1.26. The molecule has 25 heavy (non-hydrogen) atoms. The van der Waals surface area contributed by atoms with Crippen molar-refractivity contribution in [3.8, 4) is 0 Å². The molecule has 2 aromatic heterocycles. The number of nitrogens with zero attached hydrogens (tertiary/aromatic N) is 3. The van der Waals surface area contributed by atoms with E-state index in [9.17, 15) is 4.79 Å². The molecule has 1 aliphatic rings. The van der Waals surface area contributed by atoms with Crippen LogP contribution in [0.3, 0.4) is 0 Å². The molecule has 1 aromatic carbocycles. The number of para-hydroxylation sites is 2. The number of aromatic nitrogens is 2. The van der Waals surface area contributed by atoms with Crippen LogP contribution in [0.25, 0.3) is 11.1 Å². The molecule has 4 rings (SSSR count). The molecule has 0 bridgehead atoms. The lowest BCUT2D eigenvalue weighted by molar-refractivity contribution is -0.131. The van der Waals surface area contributed by atoms with Crippen molar-refractivity contribution in [2.24, 2.45) is 0 Å². The number of carbonyl (C=O) groups is 1. The first-order valence-electron chi connectivity index (χ1n) is 8.74. The van der Waals surface area contributed by atoms with Crippen LogP contribution in [0.1, 0.15) is 35.9 Å². The molecule has 0 saturated carbocycles. The van der Waals surface area contributed by atoms with Gasteiger partial charge in [-0.2, -0.15) is 0 Å². The van der Waals surface area contributed by atoms with Gasteiger partial charge in [-0.3, -0.25) is 9.78 Å². The van der Waals surface area contributed by atoms with E-state index in [1.54, 1.807) is 6.20 Å². The van der Waals surface area contributed by atoms with Gasteiger partial charge in [0.05, 0.1) is 6.42 Å². The molecule has 5 heteroatoms. The zero-order chi connectivity index (χ0) is 17.2. The summed E-state index contributed by atoms with van der Waals surface area (Å²) in [4.78, 5) is 23.3. The molecule has 3 aromatic rings. The van der Waals surface area contributed by atoms with E-state index in [2.05, 4.69) is 9.97 Å². The first-order valence-corrected chi connectivity index (χ1v) is 8.74. The van der Waals surface area contributed by atoms with Crippen LogP contribution in [0.4, 0.5) is 0 Å². The van der Waals surface area contributed by atoms with Gasteiger partial charge >= 0.3 is 0 Å². The maximum absolute atomic E-state index is 12.5. The van der Waals surface area contributed by atoms with Gasteiger partial charge in [0.2, 0.25) is 5.91 Å². The molecule has 1 aliphatic heterocycles. The van der Waals surface area contributed by atoms with Crippen molar-refractivity contribution in [3.63, 3.8) is 0 Å². The largest absolute Gasteiger partial charge is 0.440 e. The number of benzene rings is 1. The lowest BCUT2D eigenvalue weighted by Gasteiger charge is -2.30. The van der Waals surface area contributed by atoms with E-state index in [0.29, 0.717) is 6.42 Å². The molecular formula is C20H21N3O2. The molecule has 3 heterocycles. The zero-order valence-electron chi connectivity index (χ0n) is 14.3. The Balaban J connectivity index is 1.37. The smallest absolute Gasteiger partial charge is 0.227 e. The quantitative estimate of drug-likeness (QED) is 0.735. The Morgan fingerprint density at radius 2 is 2.00 bits per heavy atom. The second kappa shape index (κ2) is 6.67. The summed E-state index contributed by atoms with van der Waals surface area (Å²) in [6.07, 6.45) is 3.99. The maximum atomic E-state index is 12.5. The molecule has 0 atom stereocenters. The average Bonchev–Trinajstić information content (AvgIpc) is 3.08. The van der Waals surface area contributed by atoms with Crippen molar-refractivity contribution < 1.29 is 9.21 Å². The Kier molecular flexibility index (Phi) is 4.22. The SMILES string of the molecule is Cc1ccc(CC(=O)N2CCC(c3nc4ccccc4o3)CC2)cn1. The molecule has 5 nitrogen and oxygen atoms in total. The van der Waals surface area contributed by atoms with Gasteiger partial charge in [0, 0.05) is 30.9 Å². The second-order valence-electron chi connectivity index (χ2n) is 6.66. The lowest BCUT2D eigenvalue weighted by Crippen LogP contribution is -2.38. The second-order valence-corrected chi connectivity index (χ2v) is 6.66. The molecule has 0 aliphatic carbocycles. The number of aryl methyl sites for hydroxylation is 1. The van der Waals surface area contributed by atoms with Gasteiger partial charge in [0.25, 0.3) is 0 Å². The van der Waals surface area contributed by atoms with Gasteiger partial charge in [-0.1, -0.05) is 18.2 Å². The van der Waals surface area contributed by atoms with E-state index in [4.69, 9.17) is 4.42 Å². The van der Waals surface area contributed by atoms with Gasteiger partial charge in [0.1, 0.15) is 5.52 Å². The highest BCUT2D eigenvalue weighted by Gasteiger charge is 2.27. The third-order valence-electron chi connectivity index (χ3n) is 4.84. The maximum Gasteiger partial charge on any atom is 0.227 e. The minimum Gasteiger partial charge on any atom is -0.440 e. The molecule has 128 valence electrons. The van der Waals surface area contributed by atoms with Crippen molar-refractivity contribution in [2.45, 2.75) is 32.1 Å². The van der Waals surface area contributed by atoms with Crippen molar-refractivity contribution in [1.29, 1.82) is 0 Å². The topological polar surface area (TPSA) is 59.2 Å². The molecule has 1 amide bonds. The highest BCUT2D eigenvalue weighted by molar-refractivity contribution is 5.78. The van der Waals surface area contributed by atoms with E-state index >= 15 is 0 Å². The Hall–Kier alpha value is -2.69. The normalized spacial score (nSPS) is 15.6. The predicted molar refractivity (Wildman–Crippen MR) is 95.2 cm³/mol. The van der Waals surface area contributed by atoms with Gasteiger partial charge < -0.3 is 9.32 Å². The fourth-order valence-electron chi connectivity index (χ4n) is 3.33. The minimum absolute atomic E-state index is 0.168. The van der Waals surface area contributed by atoms with E-state index in [1.807, 2.05) is 48.2 Å². The number of rotatable bonds is 3. The molecule has 0 unspecified atom stereocenters. The Labute approximate surface area is 146 Å². The lowest BCUT2D eigenvalue weighted by atomic mass is 9.96. The Bertz CT molecular complexity index is 844. The summed E-state index contributed by atoms with van der Waals surface area (Å²) in [5, 5.41) is 0. The highest BCUT2D eigenvalue weighted by atomic mass is 16.3. The summed E-state index contributed by atoms with van der Waals surface area (Å²) in [6.45, 7) is 3.45. The van der Waals surface area contributed by atoms with Crippen LogP contribution in [0.2, 0.25) is 0 Å². The summed E-state index contributed by atoms with van der Waals surface area (Å²) >= 11 is 0. The van der Waals surface area contributed by atoms with Crippen LogP contribution in [0, 0.1) is 6.92 Å². The number of carbonyl (C=O) groups excluding carboxylic acids is 1. The number of oxazole rings is 1. The molecule has 0 N–H and O–H groups in total. The number of amides is 1.